The summed E-state index contributed by atoms with van der Waals surface area (Å²) in [5.74, 6) is 0.166. The highest BCUT2D eigenvalue weighted by Crippen LogP contribution is 2.43. The summed E-state index contributed by atoms with van der Waals surface area (Å²) in [7, 11) is 4.83. The number of hydrogen-bond acceptors (Lipinski definition) is 8. The molecule has 2 atom stereocenters. The number of hydrazine groups is 1. The number of esters is 1. The van der Waals surface area contributed by atoms with E-state index in [0.29, 0.717) is 36.2 Å². The number of alkyl halides is 2. The van der Waals surface area contributed by atoms with Crippen molar-refractivity contribution in [2.45, 2.75) is 64.7 Å². The largest absolute Gasteiger partial charge is 0.494 e. The molecule has 2 heterocycles. The van der Waals surface area contributed by atoms with Crippen LogP contribution in [0.2, 0.25) is 0 Å². The molecule has 0 N–H and O–H groups in total. The first-order valence-corrected chi connectivity index (χ1v) is 13.8. The number of piperidine rings is 1. The van der Waals surface area contributed by atoms with Crippen molar-refractivity contribution >= 4 is 28.7 Å². The van der Waals surface area contributed by atoms with Crippen LogP contribution in [0.1, 0.15) is 61.1 Å². The summed E-state index contributed by atoms with van der Waals surface area (Å²) in [6, 6.07) is 10.5. The molecule has 0 radical (unpaired) electrons. The van der Waals surface area contributed by atoms with Crippen molar-refractivity contribution < 1.29 is 37.3 Å². The van der Waals surface area contributed by atoms with Crippen molar-refractivity contribution in [3.8, 4) is 5.75 Å². The SMILES string of the molecule is COC(=O)c1ccc([C@@H]2C[C@H](OCC(F)F)CCN2N(C)c2c(OC)cc(C)c3c2ccn3C(=O)OC(C)(C)C)cc1. The van der Waals surface area contributed by atoms with E-state index < -0.39 is 30.7 Å². The quantitative estimate of drug-likeness (QED) is 0.282. The van der Waals surface area contributed by atoms with Gasteiger partial charge in [0.1, 0.15) is 23.6 Å². The predicted octanol–water partition coefficient (Wildman–Crippen LogP) is 6.37. The van der Waals surface area contributed by atoms with Gasteiger partial charge in [-0.2, -0.15) is 0 Å². The lowest BCUT2D eigenvalue weighted by Crippen LogP contribution is -2.49. The van der Waals surface area contributed by atoms with E-state index in [-0.39, 0.29) is 12.1 Å². The summed E-state index contributed by atoms with van der Waals surface area (Å²) >= 11 is 0. The molecule has 0 amide bonds. The number of methoxy groups -OCH3 is 2. The molecule has 1 saturated heterocycles. The number of benzene rings is 2. The van der Waals surface area contributed by atoms with Gasteiger partial charge >= 0.3 is 12.1 Å². The molecule has 0 aliphatic carbocycles. The van der Waals surface area contributed by atoms with Crippen LogP contribution in [0.3, 0.4) is 0 Å². The lowest BCUT2D eigenvalue weighted by Gasteiger charge is -2.45. The van der Waals surface area contributed by atoms with Gasteiger partial charge in [-0.15, -0.1) is 0 Å². The number of fused-ring (bicyclic) bond motifs is 1. The fourth-order valence-electron chi connectivity index (χ4n) is 5.48. The van der Waals surface area contributed by atoms with Crippen LogP contribution in [-0.2, 0) is 14.2 Å². The van der Waals surface area contributed by atoms with Crippen molar-refractivity contribution in [2.24, 2.45) is 0 Å². The van der Waals surface area contributed by atoms with Crippen LogP contribution < -0.4 is 9.75 Å². The second-order valence-electron chi connectivity index (χ2n) is 11.4. The molecule has 1 aromatic heterocycles. The van der Waals surface area contributed by atoms with Gasteiger partial charge in [0.15, 0.2) is 0 Å². The highest BCUT2D eigenvalue weighted by atomic mass is 19.3. The third-order valence-electron chi connectivity index (χ3n) is 7.32. The van der Waals surface area contributed by atoms with Crippen molar-refractivity contribution in [3.05, 3.63) is 59.3 Å². The molecule has 1 fully saturated rings. The summed E-state index contributed by atoms with van der Waals surface area (Å²) in [6.07, 6.45) is -0.741. The Hall–Kier alpha value is -3.70. The zero-order valence-electron chi connectivity index (χ0n) is 25.1. The van der Waals surface area contributed by atoms with Crippen LogP contribution in [0.5, 0.6) is 5.75 Å². The molecule has 1 aliphatic heterocycles. The van der Waals surface area contributed by atoms with Gasteiger partial charge in [-0.25, -0.2) is 23.4 Å². The number of aryl methyl sites for hydroxylation is 1. The summed E-state index contributed by atoms with van der Waals surface area (Å²) < 4.78 is 49.3. The Morgan fingerprint density at radius 3 is 2.40 bits per heavy atom. The molecule has 4 rings (SSSR count). The second-order valence-corrected chi connectivity index (χ2v) is 11.4. The Balaban J connectivity index is 1.76. The summed E-state index contributed by atoms with van der Waals surface area (Å²) in [6.45, 7) is 7.24. The van der Waals surface area contributed by atoms with Gasteiger partial charge in [-0.3, -0.25) is 4.57 Å². The molecule has 0 saturated carbocycles. The van der Waals surface area contributed by atoms with Crippen LogP contribution in [-0.4, -0.2) is 74.2 Å². The van der Waals surface area contributed by atoms with Gasteiger partial charge in [0.05, 0.1) is 37.4 Å². The van der Waals surface area contributed by atoms with E-state index in [4.69, 9.17) is 18.9 Å². The second kappa shape index (κ2) is 12.7. The van der Waals surface area contributed by atoms with E-state index in [9.17, 15) is 18.4 Å². The first kappa shape index (κ1) is 31.2. The summed E-state index contributed by atoms with van der Waals surface area (Å²) in [5, 5.41) is 4.91. The Morgan fingerprint density at radius 1 is 1.12 bits per heavy atom. The molecular weight excluding hydrogens is 548 g/mol. The van der Waals surface area contributed by atoms with Crippen LogP contribution in [0.15, 0.2) is 42.6 Å². The molecule has 1 aliphatic rings. The zero-order valence-corrected chi connectivity index (χ0v) is 25.1. The van der Waals surface area contributed by atoms with Crippen LogP contribution in [0.4, 0.5) is 19.3 Å². The molecule has 2 aromatic carbocycles. The fourth-order valence-corrected chi connectivity index (χ4v) is 5.48. The number of anilines is 1. The number of carbonyl (C=O) groups excluding carboxylic acids is 2. The molecule has 42 heavy (non-hydrogen) atoms. The number of ether oxygens (including phenoxy) is 4. The molecule has 0 bridgehead atoms. The van der Waals surface area contributed by atoms with E-state index in [2.05, 4.69) is 5.01 Å². The van der Waals surface area contributed by atoms with E-state index in [1.165, 1.54) is 11.7 Å². The Kier molecular flexibility index (Phi) is 9.42. The summed E-state index contributed by atoms with van der Waals surface area (Å²) in [5.41, 5.74) is 2.90. The lowest BCUT2D eigenvalue weighted by atomic mass is 9.93. The first-order valence-electron chi connectivity index (χ1n) is 13.8. The molecule has 0 unspecified atom stereocenters. The predicted molar refractivity (Wildman–Crippen MR) is 155 cm³/mol. The van der Waals surface area contributed by atoms with E-state index >= 15 is 0 Å². The number of rotatable bonds is 8. The Labute approximate surface area is 244 Å². The van der Waals surface area contributed by atoms with Gasteiger partial charge in [0.2, 0.25) is 0 Å². The van der Waals surface area contributed by atoms with Gasteiger partial charge < -0.3 is 24.0 Å². The highest BCUT2D eigenvalue weighted by molar-refractivity contribution is 6.01. The first-order chi connectivity index (χ1) is 19.8. The van der Waals surface area contributed by atoms with Crippen LogP contribution >= 0.6 is 0 Å². The maximum Gasteiger partial charge on any atom is 0.419 e. The van der Waals surface area contributed by atoms with Gasteiger partial charge in [0.25, 0.3) is 6.43 Å². The normalized spacial score (nSPS) is 17.9. The minimum Gasteiger partial charge on any atom is -0.494 e. The molecule has 11 heteroatoms. The smallest absolute Gasteiger partial charge is 0.419 e. The highest BCUT2D eigenvalue weighted by Gasteiger charge is 2.35. The van der Waals surface area contributed by atoms with Crippen LogP contribution in [0, 0.1) is 6.92 Å². The third kappa shape index (κ3) is 6.68. The lowest BCUT2D eigenvalue weighted by molar-refractivity contribution is -0.0600. The number of nitrogens with zero attached hydrogens (tertiary/aromatic N) is 3. The van der Waals surface area contributed by atoms with Crippen molar-refractivity contribution in [2.75, 3.05) is 39.4 Å². The van der Waals surface area contributed by atoms with Crippen molar-refractivity contribution in [1.82, 2.24) is 9.58 Å². The molecule has 3 aromatic rings. The zero-order chi connectivity index (χ0) is 30.8. The standard InChI is InChI=1S/C31H39F2N3O6/c1-19-16-25(39-6)28(23-13-14-35(27(19)23)30(38)42-31(2,3)4)34(5)36-15-12-22(41-18-26(32)33)17-24(36)20-8-10-21(11-9-20)29(37)40-7/h8-11,13-14,16,22,24,26H,12,15,17-18H2,1-7H3/t22-,24+/m1/s1. The molecule has 0 spiro atoms. The van der Waals surface area contributed by atoms with Gasteiger partial charge in [-0.1, -0.05) is 12.1 Å². The fraction of sp³-hybridized carbons (Fsp3) is 0.484. The maximum atomic E-state index is 13.1. The molecule has 228 valence electrons. The third-order valence-corrected chi connectivity index (χ3v) is 7.32. The Bertz CT molecular complexity index is 1420. The van der Waals surface area contributed by atoms with Crippen LogP contribution in [0.25, 0.3) is 10.9 Å². The van der Waals surface area contributed by atoms with E-state index in [1.54, 1.807) is 25.4 Å². The molecular formula is C31H39F2N3O6. The number of hydrogen-bond donors (Lipinski definition) is 0. The van der Waals surface area contributed by atoms with E-state index in [1.807, 2.05) is 64.0 Å². The number of carbonyl (C=O) groups is 2. The average Bonchev–Trinajstić information content (AvgIpc) is 3.40. The number of aromatic nitrogens is 1. The van der Waals surface area contributed by atoms with Crippen molar-refractivity contribution in [3.63, 3.8) is 0 Å². The molecule has 9 nitrogen and oxygen atoms in total. The van der Waals surface area contributed by atoms with Gasteiger partial charge in [0, 0.05) is 25.2 Å². The number of halogens is 2. The monoisotopic (exact) mass is 587 g/mol. The van der Waals surface area contributed by atoms with Gasteiger partial charge in [-0.05, 0) is 75.9 Å². The Morgan fingerprint density at radius 2 is 1.81 bits per heavy atom. The maximum absolute atomic E-state index is 13.1. The average molecular weight is 588 g/mol. The van der Waals surface area contributed by atoms with Crippen molar-refractivity contribution in [1.29, 1.82) is 0 Å². The summed E-state index contributed by atoms with van der Waals surface area (Å²) in [4.78, 5) is 25.1. The minimum absolute atomic E-state index is 0.271. The topological polar surface area (TPSA) is 82.5 Å². The van der Waals surface area contributed by atoms with E-state index in [0.717, 1.165) is 22.2 Å². The minimum atomic E-state index is -2.55.